The Morgan fingerprint density at radius 2 is 1.88 bits per heavy atom. The molecule has 2 fully saturated rings. The lowest BCUT2D eigenvalue weighted by molar-refractivity contribution is -0.137. The van der Waals surface area contributed by atoms with Gasteiger partial charge in [0.05, 0.1) is 18.3 Å². The van der Waals surface area contributed by atoms with E-state index in [0.717, 1.165) is 61.3 Å². The Hall–Kier alpha value is -3.82. The van der Waals surface area contributed by atoms with Crippen molar-refractivity contribution in [3.05, 3.63) is 71.7 Å². The minimum atomic E-state index is -0.538. The van der Waals surface area contributed by atoms with Gasteiger partial charge in [-0.2, -0.15) is 0 Å². The van der Waals surface area contributed by atoms with E-state index >= 15 is 0 Å². The minimum Gasteiger partial charge on any atom is -0.490 e. The van der Waals surface area contributed by atoms with Gasteiger partial charge in [-0.15, -0.1) is 0 Å². The molecule has 9 heteroatoms. The average Bonchev–Trinajstić information content (AvgIpc) is 3.75. The van der Waals surface area contributed by atoms with Gasteiger partial charge in [-0.25, -0.2) is 10.6 Å². The van der Waals surface area contributed by atoms with Crippen LogP contribution in [0, 0.1) is 23.2 Å². The standard InChI is InChI=1S/C31H41N5O4/c1-4-39-31(37)28(18-32)30(27-17-26(27)29(33)19-36(3)34)35-24-9-5-7-22(15-24)23-8-6-10-25(16-23)40-20(2)21-11-13-38-14-12-21/h5-10,15-16,18-21,26-27,32,35H,4,11-14,17,33-34H2,1-3H3/b29-19-,30-28+,32-18?. The Morgan fingerprint density at radius 3 is 2.55 bits per heavy atom. The van der Waals surface area contributed by atoms with Gasteiger partial charge in [-0.05, 0) is 74.4 Å². The largest absolute Gasteiger partial charge is 0.490 e. The summed E-state index contributed by atoms with van der Waals surface area (Å²) in [5.74, 6) is 6.47. The van der Waals surface area contributed by atoms with E-state index < -0.39 is 5.97 Å². The van der Waals surface area contributed by atoms with Crippen LogP contribution in [-0.2, 0) is 14.3 Å². The molecule has 2 aromatic carbocycles. The lowest BCUT2D eigenvalue weighted by Gasteiger charge is -2.28. The first-order valence-corrected chi connectivity index (χ1v) is 13.9. The first-order valence-electron chi connectivity index (χ1n) is 13.9. The molecule has 0 aromatic heterocycles. The summed E-state index contributed by atoms with van der Waals surface area (Å²) in [4.78, 5) is 12.8. The van der Waals surface area contributed by atoms with Crippen molar-refractivity contribution in [2.24, 2.45) is 29.3 Å². The fourth-order valence-electron chi connectivity index (χ4n) is 5.21. The normalized spacial score (nSPS) is 20.6. The van der Waals surface area contributed by atoms with Crippen molar-refractivity contribution < 1.29 is 19.0 Å². The molecule has 1 aliphatic heterocycles. The first-order chi connectivity index (χ1) is 19.3. The van der Waals surface area contributed by atoms with Gasteiger partial charge >= 0.3 is 5.97 Å². The summed E-state index contributed by atoms with van der Waals surface area (Å²) in [5.41, 5.74) is 10.5. The zero-order valence-corrected chi connectivity index (χ0v) is 23.6. The number of esters is 1. The molecule has 1 heterocycles. The highest BCUT2D eigenvalue weighted by molar-refractivity contribution is 6.10. The molecule has 0 spiro atoms. The van der Waals surface area contributed by atoms with E-state index in [1.807, 2.05) is 36.4 Å². The fraction of sp³-hybridized carbons (Fsp3) is 0.419. The lowest BCUT2D eigenvalue weighted by Crippen LogP contribution is -2.29. The van der Waals surface area contributed by atoms with Crippen molar-refractivity contribution in [2.45, 2.75) is 39.2 Å². The summed E-state index contributed by atoms with van der Waals surface area (Å²) in [6.45, 7) is 5.68. The quantitative estimate of drug-likeness (QED) is 0.0990. The number of rotatable bonds is 12. The smallest absolute Gasteiger partial charge is 0.341 e. The van der Waals surface area contributed by atoms with E-state index in [2.05, 4.69) is 24.4 Å². The Bertz CT molecular complexity index is 1250. The van der Waals surface area contributed by atoms with Crippen molar-refractivity contribution in [1.29, 1.82) is 5.41 Å². The summed E-state index contributed by atoms with van der Waals surface area (Å²) in [6.07, 6.45) is 5.60. The van der Waals surface area contributed by atoms with E-state index in [-0.39, 0.29) is 30.1 Å². The summed E-state index contributed by atoms with van der Waals surface area (Å²) >= 11 is 0. The van der Waals surface area contributed by atoms with E-state index in [1.54, 1.807) is 20.2 Å². The van der Waals surface area contributed by atoms with Gasteiger partial charge < -0.3 is 35.7 Å². The molecule has 1 aliphatic carbocycles. The number of hydrazine groups is 1. The van der Waals surface area contributed by atoms with Crippen LogP contribution < -0.4 is 21.6 Å². The molecule has 1 saturated heterocycles. The van der Waals surface area contributed by atoms with Gasteiger partial charge in [0.25, 0.3) is 0 Å². The number of ether oxygens (including phenoxy) is 3. The Balaban J connectivity index is 1.57. The van der Waals surface area contributed by atoms with Crippen LogP contribution in [0.2, 0.25) is 0 Å². The van der Waals surface area contributed by atoms with Gasteiger partial charge in [0.15, 0.2) is 0 Å². The van der Waals surface area contributed by atoms with Crippen LogP contribution in [0.3, 0.4) is 0 Å². The molecule has 3 unspecified atom stereocenters. The third kappa shape index (κ3) is 7.43. The van der Waals surface area contributed by atoms with Crippen molar-refractivity contribution in [3.63, 3.8) is 0 Å². The number of hydrogen-bond donors (Lipinski definition) is 4. The van der Waals surface area contributed by atoms with Crippen LogP contribution in [-0.4, -0.2) is 50.2 Å². The molecule has 0 radical (unpaired) electrons. The maximum Gasteiger partial charge on any atom is 0.341 e. The highest BCUT2D eigenvalue weighted by Crippen LogP contribution is 2.48. The van der Waals surface area contributed by atoms with E-state index in [9.17, 15) is 4.79 Å². The van der Waals surface area contributed by atoms with E-state index in [0.29, 0.717) is 17.3 Å². The molecule has 9 nitrogen and oxygen atoms in total. The van der Waals surface area contributed by atoms with E-state index in [4.69, 9.17) is 31.2 Å². The number of benzene rings is 2. The van der Waals surface area contributed by atoms with Crippen LogP contribution >= 0.6 is 0 Å². The molecule has 1 saturated carbocycles. The molecule has 6 N–H and O–H groups in total. The van der Waals surface area contributed by atoms with Gasteiger partial charge in [0, 0.05) is 61.6 Å². The molecular formula is C31H41N5O4. The second kappa shape index (κ2) is 13.5. The summed E-state index contributed by atoms with van der Waals surface area (Å²) in [6, 6.07) is 16.1. The van der Waals surface area contributed by atoms with Crippen molar-refractivity contribution in [2.75, 3.05) is 32.2 Å². The van der Waals surface area contributed by atoms with Crippen molar-refractivity contribution in [1.82, 2.24) is 5.01 Å². The summed E-state index contributed by atoms with van der Waals surface area (Å²) in [5, 5.41) is 12.8. The highest BCUT2D eigenvalue weighted by atomic mass is 16.5. The fourth-order valence-corrected chi connectivity index (χ4v) is 5.21. The maximum atomic E-state index is 12.8. The number of allylic oxidation sites excluding steroid dienone is 2. The molecule has 214 valence electrons. The van der Waals surface area contributed by atoms with Gasteiger partial charge in [-0.1, -0.05) is 24.3 Å². The third-order valence-corrected chi connectivity index (χ3v) is 7.43. The van der Waals surface area contributed by atoms with Crippen LogP contribution in [0.15, 0.2) is 71.7 Å². The lowest BCUT2D eigenvalue weighted by atomic mass is 9.95. The van der Waals surface area contributed by atoms with Crippen LogP contribution in [0.4, 0.5) is 5.69 Å². The minimum absolute atomic E-state index is 0.00704. The molecule has 2 aromatic rings. The number of hydrogen-bond acceptors (Lipinski definition) is 9. The second-order valence-electron chi connectivity index (χ2n) is 10.4. The first kappa shape index (κ1) is 29.2. The maximum absolute atomic E-state index is 12.8. The van der Waals surface area contributed by atoms with Crippen LogP contribution in [0.25, 0.3) is 11.1 Å². The summed E-state index contributed by atoms with van der Waals surface area (Å²) < 4.78 is 17.1. The molecule has 0 bridgehead atoms. The third-order valence-electron chi connectivity index (χ3n) is 7.43. The van der Waals surface area contributed by atoms with Crippen molar-refractivity contribution in [3.8, 4) is 16.9 Å². The Morgan fingerprint density at radius 1 is 1.18 bits per heavy atom. The monoisotopic (exact) mass is 547 g/mol. The zero-order chi connectivity index (χ0) is 28.6. The predicted molar refractivity (Wildman–Crippen MR) is 157 cm³/mol. The Labute approximate surface area is 236 Å². The van der Waals surface area contributed by atoms with Gasteiger partial charge in [0.2, 0.25) is 0 Å². The number of anilines is 1. The summed E-state index contributed by atoms with van der Waals surface area (Å²) in [7, 11) is 1.71. The number of carbonyl (C=O) groups is 1. The Kier molecular flexibility index (Phi) is 9.84. The molecule has 2 aliphatic rings. The van der Waals surface area contributed by atoms with E-state index in [1.165, 1.54) is 5.01 Å². The second-order valence-corrected chi connectivity index (χ2v) is 10.4. The molecule has 4 rings (SSSR count). The topological polar surface area (TPSA) is 136 Å². The molecule has 40 heavy (non-hydrogen) atoms. The molecular weight excluding hydrogens is 506 g/mol. The molecule has 3 atom stereocenters. The number of nitrogens with zero attached hydrogens (tertiary/aromatic N) is 1. The van der Waals surface area contributed by atoms with Crippen LogP contribution in [0.1, 0.15) is 33.1 Å². The van der Waals surface area contributed by atoms with Gasteiger partial charge in [-0.3, -0.25) is 0 Å². The van der Waals surface area contributed by atoms with Gasteiger partial charge in [0.1, 0.15) is 5.75 Å². The van der Waals surface area contributed by atoms with Crippen molar-refractivity contribution >= 4 is 17.9 Å². The average molecular weight is 548 g/mol. The number of nitrogens with one attached hydrogen (secondary N) is 2. The molecule has 0 amide bonds. The highest BCUT2D eigenvalue weighted by Gasteiger charge is 2.44. The predicted octanol–water partition coefficient (Wildman–Crippen LogP) is 4.67. The number of nitrogens with two attached hydrogens (primary N) is 2. The SMILES string of the molecule is CCOC(=O)/C(C=N)=C(/Nc1cccc(-c2cccc(OC(C)C3CCOCC3)c2)c1)C1CC1/C(N)=C/N(C)N. The zero-order valence-electron chi connectivity index (χ0n) is 23.6. The van der Waals surface area contributed by atoms with Crippen LogP contribution in [0.5, 0.6) is 5.75 Å². The number of carbonyl (C=O) groups excluding carboxylic acids is 1.